The summed E-state index contributed by atoms with van der Waals surface area (Å²) in [6.45, 7) is 0.141. The molecular weight excluding hydrogens is 224 g/mol. The van der Waals surface area contributed by atoms with Crippen molar-refractivity contribution in [2.24, 2.45) is 5.73 Å². The summed E-state index contributed by atoms with van der Waals surface area (Å²) < 4.78 is 0. The van der Waals surface area contributed by atoms with Crippen LogP contribution in [0.4, 0.5) is 0 Å². The summed E-state index contributed by atoms with van der Waals surface area (Å²) >= 11 is 0. The summed E-state index contributed by atoms with van der Waals surface area (Å²) in [6, 6.07) is 1.33. The van der Waals surface area contributed by atoms with E-state index in [4.69, 9.17) is 5.73 Å². The minimum atomic E-state index is -0.318. The van der Waals surface area contributed by atoms with Crippen LogP contribution in [0.15, 0.2) is 0 Å². The molecule has 0 saturated heterocycles. The van der Waals surface area contributed by atoms with Crippen LogP contribution in [0.2, 0.25) is 0 Å². The average Bonchev–Trinajstić information content (AvgIpc) is 2.67. The normalized spacial score (nSPS) is 35.7. The molecule has 3 heteroatoms. The van der Waals surface area contributed by atoms with Gasteiger partial charge in [-0.1, -0.05) is 25.7 Å². The van der Waals surface area contributed by atoms with Crippen LogP contribution >= 0.6 is 0 Å². The van der Waals surface area contributed by atoms with Crippen molar-refractivity contribution in [1.82, 2.24) is 4.90 Å². The van der Waals surface area contributed by atoms with E-state index in [1.54, 1.807) is 0 Å². The van der Waals surface area contributed by atoms with Crippen molar-refractivity contribution in [3.8, 4) is 0 Å². The monoisotopic (exact) mass is 254 g/mol. The second-order valence-electron chi connectivity index (χ2n) is 6.58. The molecule has 0 aromatic rings. The smallest absolute Gasteiger partial charge is 0.0611 e. The highest BCUT2D eigenvalue weighted by Crippen LogP contribution is 2.32. The number of hydrogen-bond donors (Lipinski definition) is 2. The molecule has 0 amide bonds. The molecule has 0 aromatic carbocycles. The number of nitrogens with two attached hydrogens (primary N) is 1. The molecule has 2 aliphatic rings. The van der Waals surface area contributed by atoms with E-state index in [0.717, 1.165) is 18.9 Å². The zero-order valence-corrected chi connectivity index (χ0v) is 11.9. The second kappa shape index (κ2) is 6.36. The van der Waals surface area contributed by atoms with Crippen LogP contribution < -0.4 is 5.73 Å². The molecule has 0 radical (unpaired) electrons. The zero-order chi connectivity index (χ0) is 13.0. The molecule has 2 atom stereocenters. The Morgan fingerprint density at radius 3 is 2.28 bits per heavy atom. The van der Waals surface area contributed by atoms with Crippen LogP contribution in [0.25, 0.3) is 0 Å². The fourth-order valence-corrected chi connectivity index (χ4v) is 3.82. The molecule has 2 aliphatic carbocycles. The number of hydrogen-bond acceptors (Lipinski definition) is 3. The average molecular weight is 254 g/mol. The molecule has 2 unspecified atom stereocenters. The number of rotatable bonds is 3. The first kappa shape index (κ1) is 14.3. The summed E-state index contributed by atoms with van der Waals surface area (Å²) in [5.74, 6) is 0. The van der Waals surface area contributed by atoms with Crippen molar-refractivity contribution in [2.45, 2.75) is 81.8 Å². The molecule has 0 bridgehead atoms. The lowest BCUT2D eigenvalue weighted by molar-refractivity contribution is 0.0677. The summed E-state index contributed by atoms with van der Waals surface area (Å²) in [5, 5.41) is 9.46. The van der Waals surface area contributed by atoms with Crippen molar-refractivity contribution in [3.63, 3.8) is 0 Å². The number of aliphatic hydroxyl groups is 1. The van der Waals surface area contributed by atoms with E-state index in [9.17, 15) is 5.11 Å². The standard InChI is InChI=1S/C15H30N2O/c1-17(13-7-4-2-3-5-8-13)14-9-6-10-15(16,11-14)12-18/h13-14,18H,2-12,16H2,1H3. The Hall–Kier alpha value is -0.120. The van der Waals surface area contributed by atoms with Gasteiger partial charge in [0, 0.05) is 17.6 Å². The third-order valence-corrected chi connectivity index (χ3v) is 5.15. The predicted octanol–water partition coefficient (Wildman–Crippen LogP) is 2.27. The highest BCUT2D eigenvalue weighted by molar-refractivity contribution is 4.94. The molecule has 3 N–H and O–H groups in total. The lowest BCUT2D eigenvalue weighted by Gasteiger charge is -2.43. The molecule has 18 heavy (non-hydrogen) atoms. The third kappa shape index (κ3) is 3.46. The van der Waals surface area contributed by atoms with Crippen LogP contribution in [-0.2, 0) is 0 Å². The Bertz CT molecular complexity index is 251. The summed E-state index contributed by atoms with van der Waals surface area (Å²) in [4.78, 5) is 2.59. The number of aliphatic hydroxyl groups excluding tert-OH is 1. The molecule has 2 saturated carbocycles. The van der Waals surface area contributed by atoms with Crippen molar-refractivity contribution >= 4 is 0 Å². The maximum atomic E-state index is 9.46. The highest BCUT2D eigenvalue weighted by Gasteiger charge is 2.35. The molecule has 0 heterocycles. The van der Waals surface area contributed by atoms with Crippen molar-refractivity contribution in [3.05, 3.63) is 0 Å². The first-order valence-electron chi connectivity index (χ1n) is 7.76. The van der Waals surface area contributed by atoms with E-state index >= 15 is 0 Å². The maximum Gasteiger partial charge on any atom is 0.0611 e. The molecule has 2 rings (SSSR count). The highest BCUT2D eigenvalue weighted by atomic mass is 16.3. The zero-order valence-electron chi connectivity index (χ0n) is 11.9. The van der Waals surface area contributed by atoms with Crippen molar-refractivity contribution < 1.29 is 5.11 Å². The van der Waals surface area contributed by atoms with Gasteiger partial charge in [-0.2, -0.15) is 0 Å². The van der Waals surface area contributed by atoms with Gasteiger partial charge in [-0.15, -0.1) is 0 Å². The van der Waals surface area contributed by atoms with Gasteiger partial charge in [0.05, 0.1) is 6.61 Å². The largest absolute Gasteiger partial charge is 0.394 e. The van der Waals surface area contributed by atoms with Crippen molar-refractivity contribution in [1.29, 1.82) is 0 Å². The maximum absolute atomic E-state index is 9.46. The van der Waals surface area contributed by atoms with E-state index in [-0.39, 0.29) is 12.1 Å². The van der Waals surface area contributed by atoms with E-state index < -0.39 is 0 Å². The molecule has 0 aromatic heterocycles. The third-order valence-electron chi connectivity index (χ3n) is 5.15. The summed E-state index contributed by atoms with van der Waals surface area (Å²) in [5.41, 5.74) is 5.95. The fourth-order valence-electron chi connectivity index (χ4n) is 3.82. The molecule has 2 fully saturated rings. The summed E-state index contributed by atoms with van der Waals surface area (Å²) in [7, 11) is 2.28. The summed E-state index contributed by atoms with van der Waals surface area (Å²) in [6.07, 6.45) is 12.7. The molecular formula is C15H30N2O. The Labute approximate surface area is 112 Å². The molecule has 0 aliphatic heterocycles. The molecule has 0 spiro atoms. The van der Waals surface area contributed by atoms with E-state index in [1.165, 1.54) is 51.4 Å². The lowest BCUT2D eigenvalue weighted by atomic mass is 9.79. The van der Waals surface area contributed by atoms with Crippen LogP contribution in [0.1, 0.15) is 64.2 Å². The van der Waals surface area contributed by atoms with Gasteiger partial charge in [-0.25, -0.2) is 0 Å². The van der Waals surface area contributed by atoms with E-state index in [1.807, 2.05) is 0 Å². The Morgan fingerprint density at radius 1 is 1.06 bits per heavy atom. The SMILES string of the molecule is CN(C1CCCCCC1)C1CCCC(N)(CO)C1. The lowest BCUT2D eigenvalue weighted by Crippen LogP contribution is -2.54. The fraction of sp³-hybridized carbons (Fsp3) is 1.00. The topological polar surface area (TPSA) is 49.5 Å². The number of nitrogens with zero attached hydrogens (tertiary/aromatic N) is 1. The van der Waals surface area contributed by atoms with Crippen LogP contribution in [0, 0.1) is 0 Å². The first-order valence-corrected chi connectivity index (χ1v) is 7.76. The van der Waals surface area contributed by atoms with Crippen molar-refractivity contribution in [2.75, 3.05) is 13.7 Å². The first-order chi connectivity index (χ1) is 8.64. The second-order valence-corrected chi connectivity index (χ2v) is 6.58. The Balaban J connectivity index is 1.92. The minimum absolute atomic E-state index is 0.141. The van der Waals surface area contributed by atoms with E-state index in [0.29, 0.717) is 6.04 Å². The minimum Gasteiger partial charge on any atom is -0.394 e. The van der Waals surface area contributed by atoms with Gasteiger partial charge in [-0.3, -0.25) is 0 Å². The molecule has 106 valence electrons. The van der Waals surface area contributed by atoms with Gasteiger partial charge in [0.15, 0.2) is 0 Å². The quantitative estimate of drug-likeness (QED) is 0.760. The van der Waals surface area contributed by atoms with Gasteiger partial charge in [-0.05, 0) is 45.6 Å². The van der Waals surface area contributed by atoms with Gasteiger partial charge in [0.1, 0.15) is 0 Å². The predicted molar refractivity (Wildman–Crippen MR) is 75.5 cm³/mol. The van der Waals surface area contributed by atoms with Gasteiger partial charge < -0.3 is 15.7 Å². The van der Waals surface area contributed by atoms with Crippen LogP contribution in [0.3, 0.4) is 0 Å². The Morgan fingerprint density at radius 2 is 1.67 bits per heavy atom. The van der Waals surface area contributed by atoms with Crippen LogP contribution in [-0.4, -0.2) is 41.3 Å². The Kier molecular flexibility index (Phi) is 5.05. The molecule has 3 nitrogen and oxygen atoms in total. The van der Waals surface area contributed by atoms with Gasteiger partial charge >= 0.3 is 0 Å². The van der Waals surface area contributed by atoms with E-state index in [2.05, 4.69) is 11.9 Å². The van der Waals surface area contributed by atoms with Gasteiger partial charge in [0.25, 0.3) is 0 Å². The van der Waals surface area contributed by atoms with Crippen LogP contribution in [0.5, 0.6) is 0 Å². The van der Waals surface area contributed by atoms with Gasteiger partial charge in [0.2, 0.25) is 0 Å².